The molecule has 21 heavy (non-hydrogen) atoms. The highest BCUT2D eigenvalue weighted by molar-refractivity contribution is 6.62. The van der Waals surface area contributed by atoms with Crippen LogP contribution in [0.25, 0.3) is 5.69 Å². The largest absolute Gasteiger partial charge is 0.494 e. The molecule has 5 heteroatoms. The molecule has 1 aliphatic heterocycles. The fraction of sp³-hybridized carbons (Fsp3) is 0.438. The monoisotopic (exact) mass is 284 g/mol. The average molecular weight is 284 g/mol. The van der Waals surface area contributed by atoms with Gasteiger partial charge in [-0.2, -0.15) is 0 Å². The fourth-order valence-electron chi connectivity index (χ4n) is 2.50. The zero-order valence-electron chi connectivity index (χ0n) is 13.3. The topological polar surface area (TPSA) is 36.3 Å². The second-order valence-corrected chi connectivity index (χ2v) is 6.60. The molecule has 0 saturated carbocycles. The van der Waals surface area contributed by atoms with Crippen LogP contribution in [0, 0.1) is 6.92 Å². The maximum absolute atomic E-state index is 6.09. The van der Waals surface area contributed by atoms with Gasteiger partial charge >= 0.3 is 7.12 Å². The molecule has 2 aromatic rings. The van der Waals surface area contributed by atoms with Crippen LogP contribution < -0.4 is 5.46 Å². The quantitative estimate of drug-likeness (QED) is 0.795. The Morgan fingerprint density at radius 3 is 2.29 bits per heavy atom. The SMILES string of the molecule is Cc1cc(B2OC(C)(C)C(C)(C)O2)ccc1-n1ccnc1. The van der Waals surface area contributed by atoms with Crippen LogP contribution in [0.15, 0.2) is 36.9 Å². The number of nitrogens with zero attached hydrogens (tertiary/aromatic N) is 2. The molecule has 1 aromatic carbocycles. The minimum atomic E-state index is -0.314. The highest BCUT2D eigenvalue weighted by Crippen LogP contribution is 2.36. The van der Waals surface area contributed by atoms with Crippen LogP contribution in [0.1, 0.15) is 33.3 Å². The highest BCUT2D eigenvalue weighted by Gasteiger charge is 2.51. The third-order valence-corrected chi connectivity index (χ3v) is 4.53. The van der Waals surface area contributed by atoms with Crippen molar-refractivity contribution >= 4 is 12.6 Å². The lowest BCUT2D eigenvalue weighted by molar-refractivity contribution is 0.00578. The third kappa shape index (κ3) is 2.41. The molecule has 0 unspecified atom stereocenters. The van der Waals surface area contributed by atoms with Crippen molar-refractivity contribution in [1.82, 2.24) is 9.55 Å². The maximum atomic E-state index is 6.09. The van der Waals surface area contributed by atoms with Gasteiger partial charge in [-0.25, -0.2) is 4.98 Å². The Labute approximate surface area is 126 Å². The average Bonchev–Trinajstić information content (AvgIpc) is 2.96. The van der Waals surface area contributed by atoms with E-state index in [1.165, 1.54) is 5.56 Å². The van der Waals surface area contributed by atoms with Crippen molar-refractivity contribution in [1.29, 1.82) is 0 Å². The van der Waals surface area contributed by atoms with E-state index in [0.29, 0.717) is 0 Å². The summed E-state index contributed by atoms with van der Waals surface area (Å²) in [6, 6.07) is 6.26. The van der Waals surface area contributed by atoms with Gasteiger partial charge in [0.15, 0.2) is 0 Å². The molecule has 0 N–H and O–H groups in total. The summed E-state index contributed by atoms with van der Waals surface area (Å²) >= 11 is 0. The minimum absolute atomic E-state index is 0.311. The molecule has 1 aliphatic rings. The first-order valence-corrected chi connectivity index (χ1v) is 7.25. The summed E-state index contributed by atoms with van der Waals surface area (Å²) in [5, 5.41) is 0. The zero-order valence-corrected chi connectivity index (χ0v) is 13.3. The summed E-state index contributed by atoms with van der Waals surface area (Å²) in [5.74, 6) is 0. The van der Waals surface area contributed by atoms with Crippen molar-refractivity contribution in [2.45, 2.75) is 45.8 Å². The van der Waals surface area contributed by atoms with E-state index in [1.807, 2.05) is 10.8 Å². The van der Waals surface area contributed by atoms with Gasteiger partial charge in [-0.15, -0.1) is 0 Å². The van der Waals surface area contributed by atoms with Crippen LogP contribution in [0.2, 0.25) is 0 Å². The number of aryl methyl sites for hydroxylation is 1. The summed E-state index contributed by atoms with van der Waals surface area (Å²) in [6.45, 7) is 10.4. The van der Waals surface area contributed by atoms with Gasteiger partial charge in [0.05, 0.1) is 17.5 Å². The molecule has 0 amide bonds. The number of imidazole rings is 1. The molecule has 0 atom stereocenters. The van der Waals surface area contributed by atoms with Gasteiger partial charge in [-0.05, 0) is 51.7 Å². The van der Waals surface area contributed by atoms with E-state index in [-0.39, 0.29) is 18.3 Å². The van der Waals surface area contributed by atoms with Crippen LogP contribution >= 0.6 is 0 Å². The summed E-state index contributed by atoms with van der Waals surface area (Å²) in [4.78, 5) is 4.09. The first-order valence-electron chi connectivity index (χ1n) is 7.25. The van der Waals surface area contributed by atoms with E-state index in [9.17, 15) is 0 Å². The van der Waals surface area contributed by atoms with E-state index >= 15 is 0 Å². The van der Waals surface area contributed by atoms with Crippen molar-refractivity contribution in [3.8, 4) is 5.69 Å². The van der Waals surface area contributed by atoms with Gasteiger partial charge in [0, 0.05) is 18.1 Å². The van der Waals surface area contributed by atoms with Crippen LogP contribution in [-0.2, 0) is 9.31 Å². The first kappa shape index (κ1) is 14.4. The summed E-state index contributed by atoms with van der Waals surface area (Å²) < 4.78 is 14.2. The van der Waals surface area contributed by atoms with Crippen LogP contribution in [-0.4, -0.2) is 27.9 Å². The fourth-order valence-corrected chi connectivity index (χ4v) is 2.50. The van der Waals surface area contributed by atoms with E-state index in [2.05, 4.69) is 57.8 Å². The molecule has 1 fully saturated rings. The predicted octanol–water partition coefficient (Wildman–Crippen LogP) is 2.48. The van der Waals surface area contributed by atoms with Gasteiger partial charge in [0.25, 0.3) is 0 Å². The lowest BCUT2D eigenvalue weighted by Crippen LogP contribution is -2.41. The van der Waals surface area contributed by atoms with E-state index in [4.69, 9.17) is 9.31 Å². The van der Waals surface area contributed by atoms with Crippen molar-refractivity contribution in [2.24, 2.45) is 0 Å². The molecule has 3 rings (SSSR count). The van der Waals surface area contributed by atoms with Gasteiger partial charge in [0.1, 0.15) is 0 Å². The Balaban J connectivity index is 1.90. The first-order chi connectivity index (χ1) is 9.80. The van der Waals surface area contributed by atoms with Gasteiger partial charge < -0.3 is 13.9 Å². The lowest BCUT2D eigenvalue weighted by atomic mass is 9.78. The molecule has 4 nitrogen and oxygen atoms in total. The highest BCUT2D eigenvalue weighted by atomic mass is 16.7. The Kier molecular flexibility index (Phi) is 3.22. The smallest absolute Gasteiger partial charge is 0.399 e. The number of benzene rings is 1. The van der Waals surface area contributed by atoms with Crippen molar-refractivity contribution in [3.05, 3.63) is 42.5 Å². The standard InChI is InChI=1S/C16H21BN2O2/c1-12-10-13(6-7-14(12)19-9-8-18-11-19)17-20-15(2,3)16(4,5)21-17/h6-11H,1-5H3. The van der Waals surface area contributed by atoms with E-state index < -0.39 is 0 Å². The molecule has 110 valence electrons. The van der Waals surface area contributed by atoms with Crippen molar-refractivity contribution in [3.63, 3.8) is 0 Å². The van der Waals surface area contributed by atoms with Crippen LogP contribution in [0.4, 0.5) is 0 Å². The molecule has 1 aromatic heterocycles. The molecular weight excluding hydrogens is 263 g/mol. The molecule has 0 spiro atoms. The van der Waals surface area contributed by atoms with Gasteiger partial charge in [0.2, 0.25) is 0 Å². The summed E-state index contributed by atoms with van der Waals surface area (Å²) in [5.41, 5.74) is 2.71. The predicted molar refractivity (Wildman–Crippen MR) is 84.0 cm³/mol. The van der Waals surface area contributed by atoms with Gasteiger partial charge in [-0.1, -0.05) is 12.1 Å². The van der Waals surface area contributed by atoms with E-state index in [1.54, 1.807) is 12.5 Å². The molecule has 1 saturated heterocycles. The maximum Gasteiger partial charge on any atom is 0.494 e. The number of aromatic nitrogens is 2. The lowest BCUT2D eigenvalue weighted by Gasteiger charge is -2.32. The van der Waals surface area contributed by atoms with Crippen LogP contribution in [0.3, 0.4) is 0 Å². The zero-order chi connectivity index (χ0) is 15.3. The Bertz CT molecular complexity index is 634. The third-order valence-electron chi connectivity index (χ3n) is 4.53. The Hall–Kier alpha value is -1.59. The molecular formula is C16H21BN2O2. The minimum Gasteiger partial charge on any atom is -0.399 e. The second kappa shape index (κ2) is 4.72. The van der Waals surface area contributed by atoms with Crippen molar-refractivity contribution in [2.75, 3.05) is 0 Å². The van der Waals surface area contributed by atoms with Crippen molar-refractivity contribution < 1.29 is 9.31 Å². The van der Waals surface area contributed by atoms with Gasteiger partial charge in [-0.3, -0.25) is 0 Å². The summed E-state index contributed by atoms with van der Waals surface area (Å²) in [6.07, 6.45) is 5.52. The summed E-state index contributed by atoms with van der Waals surface area (Å²) in [7, 11) is -0.314. The normalized spacial score (nSPS) is 20.0. The molecule has 0 aliphatic carbocycles. The second-order valence-electron chi connectivity index (χ2n) is 6.60. The number of rotatable bonds is 2. The number of hydrogen-bond acceptors (Lipinski definition) is 3. The Morgan fingerprint density at radius 1 is 1.10 bits per heavy atom. The molecule has 0 radical (unpaired) electrons. The molecule has 2 heterocycles. The number of hydrogen-bond donors (Lipinski definition) is 0. The van der Waals surface area contributed by atoms with Crippen LogP contribution in [0.5, 0.6) is 0 Å². The van der Waals surface area contributed by atoms with E-state index in [0.717, 1.165) is 11.2 Å². The molecule has 0 bridgehead atoms. The Morgan fingerprint density at radius 2 is 1.76 bits per heavy atom.